The van der Waals surface area contributed by atoms with E-state index in [9.17, 15) is 9.59 Å². The van der Waals surface area contributed by atoms with E-state index in [4.69, 9.17) is 4.74 Å². The summed E-state index contributed by atoms with van der Waals surface area (Å²) in [5.74, 6) is 1.33. The number of nitrogens with zero attached hydrogens (tertiary/aromatic N) is 1. The summed E-state index contributed by atoms with van der Waals surface area (Å²) in [6.07, 6.45) is 8.15. The molecule has 24 heavy (non-hydrogen) atoms. The number of hydrogen-bond acceptors (Lipinski definition) is 3. The van der Waals surface area contributed by atoms with Crippen molar-refractivity contribution in [3.63, 3.8) is 0 Å². The van der Waals surface area contributed by atoms with E-state index < -0.39 is 0 Å². The molecule has 1 saturated carbocycles. The van der Waals surface area contributed by atoms with Crippen LogP contribution in [0.15, 0.2) is 18.2 Å². The lowest BCUT2D eigenvalue weighted by Crippen LogP contribution is -2.24. The summed E-state index contributed by atoms with van der Waals surface area (Å²) in [5.41, 5.74) is 1.51. The maximum atomic E-state index is 12.3. The van der Waals surface area contributed by atoms with Crippen molar-refractivity contribution >= 4 is 23.2 Å². The number of nitrogens with one attached hydrogen (secondary N) is 1. The molecule has 1 aliphatic heterocycles. The van der Waals surface area contributed by atoms with Gasteiger partial charge in [-0.3, -0.25) is 9.59 Å². The van der Waals surface area contributed by atoms with Crippen LogP contribution in [-0.4, -0.2) is 25.5 Å². The highest BCUT2D eigenvalue weighted by Crippen LogP contribution is 2.34. The Bertz CT molecular complexity index is 609. The van der Waals surface area contributed by atoms with E-state index in [1.165, 1.54) is 19.3 Å². The van der Waals surface area contributed by atoms with E-state index >= 15 is 0 Å². The molecule has 0 unspecified atom stereocenters. The van der Waals surface area contributed by atoms with Crippen LogP contribution < -0.4 is 15.0 Å². The molecule has 2 fully saturated rings. The van der Waals surface area contributed by atoms with Gasteiger partial charge in [-0.25, -0.2) is 0 Å². The molecule has 130 valence electrons. The van der Waals surface area contributed by atoms with Crippen LogP contribution in [0.5, 0.6) is 5.75 Å². The first-order chi connectivity index (χ1) is 11.7. The third kappa shape index (κ3) is 3.89. The van der Waals surface area contributed by atoms with Crippen molar-refractivity contribution in [2.75, 3.05) is 23.9 Å². The summed E-state index contributed by atoms with van der Waals surface area (Å²) >= 11 is 0. The largest absolute Gasteiger partial charge is 0.494 e. The van der Waals surface area contributed by atoms with Crippen LogP contribution in [0.1, 0.15) is 51.4 Å². The maximum Gasteiger partial charge on any atom is 0.227 e. The van der Waals surface area contributed by atoms with E-state index in [-0.39, 0.29) is 11.8 Å². The lowest BCUT2D eigenvalue weighted by molar-refractivity contribution is -0.118. The summed E-state index contributed by atoms with van der Waals surface area (Å²) in [5, 5.41) is 2.97. The molecule has 5 nitrogen and oxygen atoms in total. The van der Waals surface area contributed by atoms with Crippen LogP contribution in [0.25, 0.3) is 0 Å². The monoisotopic (exact) mass is 330 g/mol. The highest BCUT2D eigenvalue weighted by molar-refractivity contribution is 5.98. The molecule has 0 atom stereocenters. The molecule has 1 aromatic carbocycles. The van der Waals surface area contributed by atoms with Crippen molar-refractivity contribution in [2.24, 2.45) is 5.92 Å². The molecule has 1 N–H and O–H groups in total. The van der Waals surface area contributed by atoms with Crippen molar-refractivity contribution in [2.45, 2.75) is 51.4 Å². The third-order valence-electron chi connectivity index (χ3n) is 5.03. The first kappa shape index (κ1) is 16.8. The third-order valence-corrected chi connectivity index (χ3v) is 5.03. The van der Waals surface area contributed by atoms with Crippen LogP contribution in [0.2, 0.25) is 0 Å². The van der Waals surface area contributed by atoms with Gasteiger partial charge in [0.05, 0.1) is 12.8 Å². The van der Waals surface area contributed by atoms with E-state index in [1.54, 1.807) is 18.1 Å². The summed E-state index contributed by atoms with van der Waals surface area (Å²) in [6.45, 7) is 0.725. The summed E-state index contributed by atoms with van der Waals surface area (Å²) < 4.78 is 5.43. The lowest BCUT2D eigenvalue weighted by atomic mass is 9.87. The quantitative estimate of drug-likeness (QED) is 0.895. The van der Waals surface area contributed by atoms with E-state index in [2.05, 4.69) is 5.32 Å². The van der Waals surface area contributed by atoms with E-state index in [1.807, 2.05) is 12.1 Å². The minimum absolute atomic E-state index is 0.0638. The predicted octanol–water partition coefficient (Wildman–Crippen LogP) is 3.73. The van der Waals surface area contributed by atoms with Crippen molar-refractivity contribution in [1.29, 1.82) is 0 Å². The molecule has 1 saturated heterocycles. The van der Waals surface area contributed by atoms with E-state index in [0.717, 1.165) is 37.2 Å². The highest BCUT2D eigenvalue weighted by Gasteiger charge is 2.24. The fourth-order valence-electron chi connectivity index (χ4n) is 3.75. The highest BCUT2D eigenvalue weighted by atomic mass is 16.5. The first-order valence-electron chi connectivity index (χ1n) is 8.95. The Labute approximate surface area is 143 Å². The van der Waals surface area contributed by atoms with Crippen LogP contribution >= 0.6 is 0 Å². The number of benzene rings is 1. The fraction of sp³-hybridized carbons (Fsp3) is 0.579. The Morgan fingerprint density at radius 2 is 2.04 bits per heavy atom. The molecular weight excluding hydrogens is 304 g/mol. The molecule has 1 aromatic rings. The SMILES string of the molecule is COc1cc(NC(=O)CC2CCCCC2)ccc1N1CCCC1=O. The average Bonchev–Trinajstić information content (AvgIpc) is 3.01. The van der Waals surface area contributed by atoms with Gasteiger partial charge in [0.2, 0.25) is 11.8 Å². The molecule has 2 aliphatic rings. The number of hydrogen-bond donors (Lipinski definition) is 1. The van der Waals surface area contributed by atoms with E-state index in [0.29, 0.717) is 24.5 Å². The van der Waals surface area contributed by atoms with Crippen LogP contribution in [0, 0.1) is 5.92 Å². The minimum atomic E-state index is 0.0638. The van der Waals surface area contributed by atoms with Gasteiger partial charge in [-0.05, 0) is 37.3 Å². The molecule has 5 heteroatoms. The van der Waals surface area contributed by atoms with Crippen molar-refractivity contribution in [3.05, 3.63) is 18.2 Å². The molecule has 2 amide bonds. The molecular formula is C19H26N2O3. The number of anilines is 2. The minimum Gasteiger partial charge on any atom is -0.494 e. The number of carbonyl (C=O) groups excluding carboxylic acids is 2. The zero-order valence-electron chi connectivity index (χ0n) is 14.3. The van der Waals surface area contributed by atoms with Gasteiger partial charge >= 0.3 is 0 Å². The van der Waals surface area contributed by atoms with Gasteiger partial charge in [-0.1, -0.05) is 19.3 Å². The van der Waals surface area contributed by atoms with Gasteiger partial charge in [-0.15, -0.1) is 0 Å². The molecule has 3 rings (SSSR count). The van der Waals surface area contributed by atoms with Crippen molar-refractivity contribution in [3.8, 4) is 5.75 Å². The Kier molecular flexibility index (Phi) is 5.38. The molecule has 0 spiro atoms. The van der Waals surface area contributed by atoms with Crippen LogP contribution in [0.3, 0.4) is 0 Å². The standard InChI is InChI=1S/C19H26N2O3/c1-24-17-13-15(9-10-16(17)21-11-5-8-19(21)23)20-18(22)12-14-6-3-2-4-7-14/h9-10,13-14H,2-8,11-12H2,1H3,(H,20,22). The normalized spacial score (nSPS) is 18.7. The Morgan fingerprint density at radius 3 is 2.71 bits per heavy atom. The zero-order chi connectivity index (χ0) is 16.9. The van der Waals surface area contributed by atoms with Gasteiger partial charge in [0.1, 0.15) is 5.75 Å². The predicted molar refractivity (Wildman–Crippen MR) is 94.4 cm³/mol. The Hall–Kier alpha value is -2.04. The van der Waals surface area contributed by atoms with Gasteiger partial charge in [0.25, 0.3) is 0 Å². The fourth-order valence-corrected chi connectivity index (χ4v) is 3.75. The van der Waals surface area contributed by atoms with Gasteiger partial charge in [0, 0.05) is 31.1 Å². The molecule has 1 aliphatic carbocycles. The number of carbonyl (C=O) groups is 2. The topological polar surface area (TPSA) is 58.6 Å². The van der Waals surface area contributed by atoms with Gasteiger partial charge in [0.15, 0.2) is 0 Å². The summed E-state index contributed by atoms with van der Waals surface area (Å²) in [4.78, 5) is 25.9. The van der Waals surface area contributed by atoms with Gasteiger partial charge < -0.3 is 15.0 Å². The molecule has 1 heterocycles. The Balaban J connectivity index is 1.65. The number of rotatable bonds is 5. The summed E-state index contributed by atoms with van der Waals surface area (Å²) in [7, 11) is 1.59. The van der Waals surface area contributed by atoms with Gasteiger partial charge in [-0.2, -0.15) is 0 Å². The second kappa shape index (κ2) is 7.69. The molecule has 0 bridgehead atoms. The average molecular weight is 330 g/mol. The number of amides is 2. The second-order valence-electron chi connectivity index (χ2n) is 6.79. The zero-order valence-corrected chi connectivity index (χ0v) is 14.3. The molecule has 0 radical (unpaired) electrons. The first-order valence-corrected chi connectivity index (χ1v) is 8.95. The van der Waals surface area contributed by atoms with Crippen molar-refractivity contribution < 1.29 is 14.3 Å². The number of methoxy groups -OCH3 is 1. The lowest BCUT2D eigenvalue weighted by Gasteiger charge is -2.21. The summed E-state index contributed by atoms with van der Waals surface area (Å²) in [6, 6.07) is 5.51. The Morgan fingerprint density at radius 1 is 1.25 bits per heavy atom. The molecule has 0 aromatic heterocycles. The second-order valence-corrected chi connectivity index (χ2v) is 6.79. The smallest absolute Gasteiger partial charge is 0.227 e. The van der Waals surface area contributed by atoms with Crippen LogP contribution in [0.4, 0.5) is 11.4 Å². The van der Waals surface area contributed by atoms with Crippen LogP contribution in [-0.2, 0) is 9.59 Å². The van der Waals surface area contributed by atoms with Crippen molar-refractivity contribution in [1.82, 2.24) is 0 Å². The maximum absolute atomic E-state index is 12.3. The number of ether oxygens (including phenoxy) is 1.